The second kappa shape index (κ2) is 7.63. The Morgan fingerprint density at radius 1 is 0.966 bits per heavy atom. The lowest BCUT2D eigenvalue weighted by Gasteiger charge is -2.29. The minimum atomic E-state index is 0.109. The summed E-state index contributed by atoms with van der Waals surface area (Å²) in [5, 5.41) is 0. The van der Waals surface area contributed by atoms with Crippen LogP contribution in [0.1, 0.15) is 74.1 Å². The van der Waals surface area contributed by atoms with Crippen LogP contribution in [-0.2, 0) is 14.4 Å². The topological polar surface area (TPSA) is 51.2 Å². The summed E-state index contributed by atoms with van der Waals surface area (Å²) in [6.07, 6.45) is 8.94. The van der Waals surface area contributed by atoms with E-state index in [9.17, 15) is 14.4 Å². The maximum atomic E-state index is 11.4. The van der Waals surface area contributed by atoms with Gasteiger partial charge in [-0.15, -0.1) is 0 Å². The van der Waals surface area contributed by atoms with Crippen LogP contribution in [0.4, 0.5) is 0 Å². The number of carbonyl (C=O) groups excluding carboxylic acids is 3. The summed E-state index contributed by atoms with van der Waals surface area (Å²) < 4.78 is 0. The van der Waals surface area contributed by atoms with Gasteiger partial charge in [-0.3, -0.25) is 14.4 Å². The maximum absolute atomic E-state index is 11.4. The van der Waals surface area contributed by atoms with Crippen LogP contribution < -0.4 is 0 Å². The summed E-state index contributed by atoms with van der Waals surface area (Å²) in [5.41, 5.74) is 2.56. The summed E-state index contributed by atoms with van der Waals surface area (Å²) in [7, 11) is 0. The number of ketones is 3. The van der Waals surface area contributed by atoms with Crippen LogP contribution in [0.2, 0.25) is 0 Å². The minimum absolute atomic E-state index is 0.109. The molecule has 0 saturated heterocycles. The quantitative estimate of drug-likeness (QED) is 0.541. The molecule has 0 N–H and O–H groups in total. The smallest absolute Gasteiger partial charge is 0.155 e. The Labute approximate surface area is 176 Å². The van der Waals surface area contributed by atoms with E-state index in [4.69, 9.17) is 0 Å². The van der Waals surface area contributed by atoms with Gasteiger partial charge < -0.3 is 0 Å². The van der Waals surface area contributed by atoms with E-state index in [0.717, 1.165) is 48.9 Å². The van der Waals surface area contributed by atoms with Gasteiger partial charge >= 0.3 is 0 Å². The van der Waals surface area contributed by atoms with Gasteiger partial charge in [0.15, 0.2) is 11.6 Å². The summed E-state index contributed by atoms with van der Waals surface area (Å²) in [6, 6.07) is 0. The Balaban J connectivity index is 0.000000138. The molecule has 6 atom stereocenters. The molecule has 4 fully saturated rings. The van der Waals surface area contributed by atoms with E-state index in [1.54, 1.807) is 6.08 Å². The second-order valence-corrected chi connectivity index (χ2v) is 11.1. The van der Waals surface area contributed by atoms with Crippen LogP contribution in [-0.4, -0.2) is 17.3 Å². The third-order valence-corrected chi connectivity index (χ3v) is 8.48. The van der Waals surface area contributed by atoms with Crippen LogP contribution >= 0.6 is 0 Å². The zero-order valence-electron chi connectivity index (χ0n) is 19.2. The van der Waals surface area contributed by atoms with Gasteiger partial charge in [0.05, 0.1) is 0 Å². The number of carbonyl (C=O) groups is 3. The molecule has 0 aromatic rings. The van der Waals surface area contributed by atoms with E-state index in [1.807, 2.05) is 13.0 Å². The fraction of sp³-hybridized carbons (Fsp3) is 0.731. The first-order valence-electron chi connectivity index (χ1n) is 11.3. The van der Waals surface area contributed by atoms with Crippen molar-refractivity contribution in [2.45, 2.75) is 74.1 Å². The van der Waals surface area contributed by atoms with Gasteiger partial charge in [0.25, 0.3) is 0 Å². The van der Waals surface area contributed by atoms with Crippen molar-refractivity contribution in [1.29, 1.82) is 0 Å². The van der Waals surface area contributed by atoms with E-state index in [1.165, 1.54) is 25.0 Å². The third kappa shape index (κ3) is 4.20. The normalized spacial score (nSPS) is 39.2. The Kier molecular flexibility index (Phi) is 5.84. The molecule has 0 aliphatic heterocycles. The van der Waals surface area contributed by atoms with Crippen molar-refractivity contribution in [2.24, 2.45) is 46.3 Å². The molecule has 0 bridgehead atoms. The third-order valence-electron chi connectivity index (χ3n) is 8.48. The van der Waals surface area contributed by atoms with Gasteiger partial charge in [-0.2, -0.15) is 0 Å². The highest BCUT2D eigenvalue weighted by Gasteiger charge is 2.66. The van der Waals surface area contributed by atoms with Gasteiger partial charge in [-0.05, 0) is 78.8 Å². The first-order valence-corrected chi connectivity index (χ1v) is 11.3. The lowest BCUT2D eigenvalue weighted by atomic mass is 9.75. The largest absolute Gasteiger partial charge is 0.300 e. The molecule has 0 unspecified atom stereocenters. The average molecular weight is 399 g/mol. The number of allylic oxidation sites excluding steroid dienone is 4. The molecule has 160 valence electrons. The van der Waals surface area contributed by atoms with Crippen LogP contribution in [0.15, 0.2) is 23.8 Å². The molecule has 3 nitrogen and oxygen atoms in total. The van der Waals surface area contributed by atoms with Gasteiger partial charge in [0, 0.05) is 19.3 Å². The summed E-state index contributed by atoms with van der Waals surface area (Å²) in [5.74, 6) is 5.58. The predicted molar refractivity (Wildman–Crippen MR) is 116 cm³/mol. The number of fused-ring (bicyclic) bond motifs is 4. The molecule has 4 saturated carbocycles. The molecular formula is C26H38O3. The summed E-state index contributed by atoms with van der Waals surface area (Å²) in [4.78, 5) is 32.2. The average Bonchev–Trinajstić information content (AvgIpc) is 3.08. The fourth-order valence-electron chi connectivity index (χ4n) is 6.57. The molecule has 0 heterocycles. The van der Waals surface area contributed by atoms with Crippen molar-refractivity contribution < 1.29 is 14.4 Å². The highest BCUT2D eigenvalue weighted by molar-refractivity contribution is 5.92. The van der Waals surface area contributed by atoms with Crippen molar-refractivity contribution in [1.82, 2.24) is 0 Å². The van der Waals surface area contributed by atoms with Gasteiger partial charge in [0.1, 0.15) is 5.78 Å². The minimum Gasteiger partial charge on any atom is -0.300 e. The van der Waals surface area contributed by atoms with E-state index in [2.05, 4.69) is 34.6 Å². The van der Waals surface area contributed by atoms with Crippen molar-refractivity contribution in [3.8, 4) is 0 Å². The van der Waals surface area contributed by atoms with E-state index in [-0.39, 0.29) is 5.78 Å². The fourth-order valence-corrected chi connectivity index (χ4v) is 6.57. The Morgan fingerprint density at radius 3 is 2.00 bits per heavy atom. The van der Waals surface area contributed by atoms with E-state index in [0.29, 0.717) is 28.3 Å². The maximum Gasteiger partial charge on any atom is 0.155 e. The molecule has 0 amide bonds. The molecule has 0 radical (unpaired) electrons. The molecule has 0 spiro atoms. The summed E-state index contributed by atoms with van der Waals surface area (Å²) >= 11 is 0. The molecule has 5 rings (SSSR count). The Morgan fingerprint density at radius 2 is 1.55 bits per heavy atom. The lowest BCUT2D eigenvalue weighted by molar-refractivity contribution is -0.119. The number of hydrogen-bond acceptors (Lipinski definition) is 3. The zero-order valence-corrected chi connectivity index (χ0v) is 19.2. The SMILES string of the molecule is C/C=C/C(C)=O.CC1(C)[C@@H]2CC(=O)C[C@@H]21.C[C@H]1CC(=O)C=C2C[C@@H]3[C@H]([C@@H]21)C3(C)C. The van der Waals surface area contributed by atoms with Crippen molar-refractivity contribution in [2.75, 3.05) is 0 Å². The molecule has 3 heteroatoms. The van der Waals surface area contributed by atoms with Crippen LogP contribution in [0.5, 0.6) is 0 Å². The van der Waals surface area contributed by atoms with E-state index >= 15 is 0 Å². The van der Waals surface area contributed by atoms with E-state index < -0.39 is 0 Å². The van der Waals surface area contributed by atoms with Gasteiger partial charge in [-0.1, -0.05) is 46.3 Å². The number of hydrogen-bond donors (Lipinski definition) is 0. The highest BCUT2D eigenvalue weighted by Crippen LogP contribution is 2.72. The lowest BCUT2D eigenvalue weighted by Crippen LogP contribution is -2.24. The van der Waals surface area contributed by atoms with Crippen LogP contribution in [0.3, 0.4) is 0 Å². The standard InChI is InChI=1S/C13H18O.C8H12O.C5H8O/c1-7-4-9(14)5-8-6-10-12(11(7)8)13(10,2)3;1-8(2)6-3-5(9)4-7(6)8;1-3-4-5(2)6/h5,7,10-12H,4,6H2,1-3H3;6-7H,3-4H2,1-2H3;3-4H,1-2H3/b;;4-3+/t7-,10+,11+,12+;6-,7+;/m0../s1. The van der Waals surface area contributed by atoms with Gasteiger partial charge in [0.2, 0.25) is 0 Å². The van der Waals surface area contributed by atoms with Crippen molar-refractivity contribution in [3.63, 3.8) is 0 Å². The molecule has 29 heavy (non-hydrogen) atoms. The molecule has 0 aromatic carbocycles. The number of rotatable bonds is 1. The summed E-state index contributed by atoms with van der Waals surface area (Å²) in [6.45, 7) is 14.9. The van der Waals surface area contributed by atoms with Crippen molar-refractivity contribution >= 4 is 17.3 Å². The monoisotopic (exact) mass is 398 g/mol. The Bertz CT molecular complexity index is 751. The molecular weight excluding hydrogens is 360 g/mol. The molecule has 0 aromatic heterocycles. The van der Waals surface area contributed by atoms with Crippen molar-refractivity contribution in [3.05, 3.63) is 23.8 Å². The molecule has 5 aliphatic rings. The predicted octanol–water partition coefficient (Wildman–Crippen LogP) is 5.59. The number of Topliss-reactive ketones (excluding diaryl/α,β-unsaturated/α-hetero) is 1. The zero-order chi connectivity index (χ0) is 21.7. The molecule has 5 aliphatic carbocycles. The van der Waals surface area contributed by atoms with Gasteiger partial charge in [-0.25, -0.2) is 0 Å². The van der Waals surface area contributed by atoms with Crippen LogP contribution in [0.25, 0.3) is 0 Å². The first-order chi connectivity index (χ1) is 13.4. The first kappa shape index (κ1) is 22.2. The second-order valence-electron chi connectivity index (χ2n) is 11.1. The highest BCUT2D eigenvalue weighted by atomic mass is 16.1. The Hall–Kier alpha value is -1.51. The van der Waals surface area contributed by atoms with Crippen LogP contribution in [0, 0.1) is 46.3 Å².